The van der Waals surface area contributed by atoms with Gasteiger partial charge >= 0.3 is 18.0 Å². The summed E-state index contributed by atoms with van der Waals surface area (Å²) in [5.41, 5.74) is 1.70. The van der Waals surface area contributed by atoms with Crippen LogP contribution in [-0.4, -0.2) is 57.2 Å². The van der Waals surface area contributed by atoms with Gasteiger partial charge in [0.15, 0.2) is 0 Å². The van der Waals surface area contributed by atoms with Gasteiger partial charge in [-0.2, -0.15) is 0 Å². The first-order valence-electron chi connectivity index (χ1n) is 9.25. The molecule has 0 radical (unpaired) electrons. The van der Waals surface area contributed by atoms with E-state index in [-0.39, 0.29) is 25.3 Å². The fourth-order valence-corrected chi connectivity index (χ4v) is 3.42. The molecular weight excluding hydrogens is 394 g/mol. The molecule has 2 amide bonds. The monoisotopic (exact) mass is 419 g/mol. The fourth-order valence-electron chi connectivity index (χ4n) is 2.77. The van der Waals surface area contributed by atoms with Gasteiger partial charge in [-0.1, -0.05) is 38.1 Å². The summed E-state index contributed by atoms with van der Waals surface area (Å²) in [4.78, 5) is 40.7. The second kappa shape index (κ2) is 10.6. The number of thiazole rings is 1. The number of hydrogen-bond donors (Lipinski definition) is 3. The van der Waals surface area contributed by atoms with Gasteiger partial charge in [-0.3, -0.25) is 4.79 Å². The van der Waals surface area contributed by atoms with Crippen molar-refractivity contribution in [2.75, 3.05) is 13.1 Å². The van der Waals surface area contributed by atoms with Crippen molar-refractivity contribution in [3.63, 3.8) is 0 Å². The summed E-state index contributed by atoms with van der Waals surface area (Å²) in [7, 11) is 0. The summed E-state index contributed by atoms with van der Waals surface area (Å²) in [5, 5.41) is 23.7. The lowest BCUT2D eigenvalue weighted by Gasteiger charge is -2.26. The number of amides is 2. The Morgan fingerprint density at radius 1 is 1.17 bits per heavy atom. The van der Waals surface area contributed by atoms with Crippen LogP contribution in [0.2, 0.25) is 0 Å². The van der Waals surface area contributed by atoms with Crippen LogP contribution in [0.15, 0.2) is 35.8 Å². The molecule has 0 unspecified atom stereocenters. The Balaban J connectivity index is 2.04. The van der Waals surface area contributed by atoms with Crippen molar-refractivity contribution in [3.05, 3.63) is 41.4 Å². The predicted molar refractivity (Wildman–Crippen MR) is 110 cm³/mol. The molecule has 0 fully saturated rings. The van der Waals surface area contributed by atoms with E-state index in [1.165, 1.54) is 16.2 Å². The van der Waals surface area contributed by atoms with E-state index in [1.54, 1.807) is 6.20 Å². The minimum Gasteiger partial charge on any atom is -0.481 e. The molecule has 3 N–H and O–H groups in total. The van der Waals surface area contributed by atoms with Crippen molar-refractivity contribution in [3.8, 4) is 10.6 Å². The molecular formula is C20H25N3O5S. The first-order chi connectivity index (χ1) is 13.8. The topological polar surface area (TPSA) is 120 Å². The Hall–Kier alpha value is -2.94. The number of carbonyl (C=O) groups excluding carboxylic acids is 1. The van der Waals surface area contributed by atoms with Crippen LogP contribution < -0.4 is 5.32 Å². The van der Waals surface area contributed by atoms with Crippen LogP contribution in [0, 0.1) is 5.92 Å². The van der Waals surface area contributed by atoms with Crippen molar-refractivity contribution in [2.24, 2.45) is 5.92 Å². The van der Waals surface area contributed by atoms with E-state index in [0.29, 0.717) is 6.54 Å². The van der Waals surface area contributed by atoms with Crippen molar-refractivity contribution < 1.29 is 24.6 Å². The van der Waals surface area contributed by atoms with Gasteiger partial charge < -0.3 is 20.4 Å². The van der Waals surface area contributed by atoms with Crippen LogP contribution in [-0.2, 0) is 16.0 Å². The lowest BCUT2D eigenvalue weighted by atomic mass is 10.0. The van der Waals surface area contributed by atoms with Gasteiger partial charge in [-0.15, -0.1) is 11.3 Å². The molecule has 0 saturated carbocycles. The average Bonchev–Trinajstić information content (AvgIpc) is 3.19. The van der Waals surface area contributed by atoms with E-state index in [4.69, 9.17) is 5.11 Å². The maximum atomic E-state index is 12.6. The highest BCUT2D eigenvalue weighted by molar-refractivity contribution is 7.13. The number of aromatic nitrogens is 1. The van der Waals surface area contributed by atoms with E-state index < -0.39 is 24.0 Å². The third-order valence-electron chi connectivity index (χ3n) is 4.14. The van der Waals surface area contributed by atoms with Crippen LogP contribution in [0.25, 0.3) is 10.6 Å². The Morgan fingerprint density at radius 3 is 2.38 bits per heavy atom. The largest absolute Gasteiger partial charge is 0.481 e. The van der Waals surface area contributed by atoms with Crippen molar-refractivity contribution in [1.82, 2.24) is 15.2 Å². The van der Waals surface area contributed by atoms with E-state index >= 15 is 0 Å². The molecule has 0 aliphatic rings. The van der Waals surface area contributed by atoms with Crippen molar-refractivity contribution >= 4 is 29.3 Å². The first kappa shape index (κ1) is 22.4. The quantitative estimate of drug-likeness (QED) is 0.545. The number of carboxylic acid groups (broad SMARTS) is 2. The van der Waals surface area contributed by atoms with Gasteiger partial charge in [0, 0.05) is 36.7 Å². The number of benzene rings is 1. The van der Waals surface area contributed by atoms with E-state index in [0.717, 1.165) is 16.1 Å². The van der Waals surface area contributed by atoms with Gasteiger partial charge in [0.2, 0.25) is 0 Å². The highest BCUT2D eigenvalue weighted by Gasteiger charge is 2.24. The molecule has 0 bridgehead atoms. The number of nitrogens with zero attached hydrogens (tertiary/aromatic N) is 2. The zero-order valence-corrected chi connectivity index (χ0v) is 17.2. The standard InChI is InChI=1S/C20H25N3O5S/c1-13(2)12-23(9-7-17(24)25)20(28)22-16(19(26)27)11-14-3-5-15(6-4-14)18-21-8-10-29-18/h3-6,8,10,13,16H,7,9,11-12H2,1-2H3,(H,22,28)(H,24,25)(H,26,27)/t16-/m0/s1. The van der Waals surface area contributed by atoms with Gasteiger partial charge in [0.25, 0.3) is 0 Å². The maximum Gasteiger partial charge on any atom is 0.326 e. The molecule has 0 spiro atoms. The zero-order chi connectivity index (χ0) is 21.4. The van der Waals surface area contributed by atoms with Crippen LogP contribution in [0.5, 0.6) is 0 Å². The van der Waals surface area contributed by atoms with Gasteiger partial charge in [-0.05, 0) is 11.5 Å². The third kappa shape index (κ3) is 7.19. The maximum absolute atomic E-state index is 12.6. The molecule has 8 nitrogen and oxygen atoms in total. The molecule has 1 aromatic carbocycles. The highest BCUT2D eigenvalue weighted by Crippen LogP contribution is 2.22. The average molecular weight is 420 g/mol. The van der Waals surface area contributed by atoms with Crippen molar-refractivity contribution in [1.29, 1.82) is 0 Å². The summed E-state index contributed by atoms with van der Waals surface area (Å²) in [6.07, 6.45) is 1.64. The molecule has 1 atom stereocenters. The second-order valence-electron chi connectivity index (χ2n) is 7.06. The number of aliphatic carboxylic acids is 2. The number of rotatable bonds is 10. The normalized spacial score (nSPS) is 11.8. The fraction of sp³-hybridized carbons (Fsp3) is 0.400. The first-order valence-corrected chi connectivity index (χ1v) is 10.1. The smallest absolute Gasteiger partial charge is 0.326 e. The summed E-state index contributed by atoms with van der Waals surface area (Å²) in [5.74, 6) is -2.04. The highest BCUT2D eigenvalue weighted by atomic mass is 32.1. The second-order valence-corrected chi connectivity index (χ2v) is 7.96. The molecule has 29 heavy (non-hydrogen) atoms. The Bertz CT molecular complexity index is 821. The van der Waals surface area contributed by atoms with Gasteiger partial charge in [-0.25, -0.2) is 14.6 Å². The van der Waals surface area contributed by atoms with Crippen LogP contribution in [0.3, 0.4) is 0 Å². The molecule has 1 aromatic heterocycles. The van der Waals surface area contributed by atoms with Crippen molar-refractivity contribution in [2.45, 2.75) is 32.7 Å². The van der Waals surface area contributed by atoms with Crippen LogP contribution >= 0.6 is 11.3 Å². The molecule has 1 heterocycles. The predicted octanol–water partition coefficient (Wildman–Crippen LogP) is 2.95. The number of carbonyl (C=O) groups is 3. The minimum absolute atomic E-state index is 0.0220. The van der Waals surface area contributed by atoms with Crippen LogP contribution in [0.4, 0.5) is 4.79 Å². The molecule has 156 valence electrons. The number of urea groups is 1. The Morgan fingerprint density at radius 2 is 1.86 bits per heavy atom. The summed E-state index contributed by atoms with van der Waals surface area (Å²) < 4.78 is 0. The van der Waals surface area contributed by atoms with E-state index in [9.17, 15) is 19.5 Å². The zero-order valence-electron chi connectivity index (χ0n) is 16.4. The summed E-state index contributed by atoms with van der Waals surface area (Å²) >= 11 is 1.51. The molecule has 2 rings (SSSR count). The lowest BCUT2D eigenvalue weighted by molar-refractivity contribution is -0.139. The van der Waals surface area contributed by atoms with Crippen LogP contribution in [0.1, 0.15) is 25.8 Å². The molecule has 0 aliphatic carbocycles. The molecule has 0 saturated heterocycles. The van der Waals surface area contributed by atoms with E-state index in [2.05, 4.69) is 10.3 Å². The third-order valence-corrected chi connectivity index (χ3v) is 4.96. The summed E-state index contributed by atoms with van der Waals surface area (Å²) in [6, 6.07) is 5.67. The summed E-state index contributed by atoms with van der Waals surface area (Å²) in [6.45, 7) is 4.17. The molecule has 2 aromatic rings. The SMILES string of the molecule is CC(C)CN(CCC(=O)O)C(=O)N[C@@H](Cc1ccc(-c2nccs2)cc1)C(=O)O. The van der Waals surface area contributed by atoms with Gasteiger partial charge in [0.05, 0.1) is 6.42 Å². The van der Waals surface area contributed by atoms with Gasteiger partial charge in [0.1, 0.15) is 11.0 Å². The number of nitrogens with one attached hydrogen (secondary N) is 1. The number of hydrogen-bond acceptors (Lipinski definition) is 5. The Kier molecular flexibility index (Phi) is 8.14. The number of carboxylic acids is 2. The Labute approximate surface area is 173 Å². The lowest BCUT2D eigenvalue weighted by Crippen LogP contribution is -2.50. The van der Waals surface area contributed by atoms with E-state index in [1.807, 2.05) is 43.5 Å². The molecule has 9 heteroatoms. The molecule has 0 aliphatic heterocycles. The minimum atomic E-state index is -1.15.